The number of carbonyl (C=O) groups is 1. The molecule has 1 aromatic heterocycles. The summed E-state index contributed by atoms with van der Waals surface area (Å²) in [5.74, 6) is 1.57. The van der Waals surface area contributed by atoms with E-state index in [0.29, 0.717) is 34.9 Å². The second-order valence-electron chi connectivity index (χ2n) is 7.19. The molecule has 0 spiro atoms. The van der Waals surface area contributed by atoms with E-state index in [1.165, 1.54) is 12.1 Å². The van der Waals surface area contributed by atoms with Gasteiger partial charge in [-0.2, -0.15) is 0 Å². The predicted molar refractivity (Wildman–Crippen MR) is 118 cm³/mol. The fourth-order valence-corrected chi connectivity index (χ4v) is 3.35. The van der Waals surface area contributed by atoms with E-state index in [1.54, 1.807) is 43.6 Å². The molecule has 0 unspecified atom stereocenters. The monoisotopic (exact) mass is 416 g/mol. The van der Waals surface area contributed by atoms with E-state index in [0.717, 1.165) is 16.5 Å². The molecular weight excluding hydrogens is 395 g/mol. The summed E-state index contributed by atoms with van der Waals surface area (Å²) >= 11 is 0. The third-order valence-corrected chi connectivity index (χ3v) is 4.92. The molecule has 0 saturated carbocycles. The maximum atomic E-state index is 13.0. The summed E-state index contributed by atoms with van der Waals surface area (Å²) in [6.07, 6.45) is 2.23. The van der Waals surface area contributed by atoms with Crippen molar-refractivity contribution < 1.29 is 18.7 Å². The highest BCUT2D eigenvalue weighted by Gasteiger charge is 2.10. The van der Waals surface area contributed by atoms with Crippen molar-refractivity contribution >= 4 is 22.4 Å². The van der Waals surface area contributed by atoms with Crippen molar-refractivity contribution in [3.05, 3.63) is 89.9 Å². The minimum absolute atomic E-state index is 0.0600. The number of fused-ring (bicyclic) bond motifs is 1. The fraction of sp³-hybridized carbons (Fsp3) is 0.120. The first-order chi connectivity index (χ1) is 15.0. The molecule has 6 heteroatoms. The van der Waals surface area contributed by atoms with Crippen LogP contribution in [0.2, 0.25) is 0 Å². The fourth-order valence-electron chi connectivity index (χ4n) is 3.35. The number of Topliss-reactive ketones (excluding diaryl/α,β-unsaturated/α-hetero) is 1. The average Bonchev–Trinajstić information content (AvgIpc) is 2.77. The third-order valence-electron chi connectivity index (χ3n) is 4.92. The van der Waals surface area contributed by atoms with Gasteiger partial charge in [0.2, 0.25) is 0 Å². The standard InChI is InChI=1S/C25H21FN2O3/c1-30-25-15-23-21(14-22(25)27)24(10-11-28-23)31-20-8-4-17(5-9-20)13-19(29)12-16-2-6-18(26)7-3-16/h2-11,14-15H,12-13,27H2,1H3. The molecule has 0 saturated heterocycles. The number of ether oxygens (including phenoxy) is 2. The second-order valence-corrected chi connectivity index (χ2v) is 7.19. The Morgan fingerprint density at radius 2 is 1.58 bits per heavy atom. The second kappa shape index (κ2) is 8.83. The van der Waals surface area contributed by atoms with Gasteiger partial charge in [-0.3, -0.25) is 9.78 Å². The quantitative estimate of drug-likeness (QED) is 0.424. The number of methoxy groups -OCH3 is 1. The van der Waals surface area contributed by atoms with Gasteiger partial charge in [-0.15, -0.1) is 0 Å². The molecule has 4 aromatic rings. The molecule has 0 radical (unpaired) electrons. The van der Waals surface area contributed by atoms with E-state index < -0.39 is 0 Å². The molecule has 0 bridgehead atoms. The highest BCUT2D eigenvalue weighted by Crippen LogP contribution is 2.34. The van der Waals surface area contributed by atoms with Crippen molar-refractivity contribution in [3.8, 4) is 17.2 Å². The zero-order valence-electron chi connectivity index (χ0n) is 17.0. The van der Waals surface area contributed by atoms with Crippen LogP contribution in [-0.2, 0) is 17.6 Å². The lowest BCUT2D eigenvalue weighted by atomic mass is 10.0. The van der Waals surface area contributed by atoms with E-state index in [2.05, 4.69) is 4.98 Å². The summed E-state index contributed by atoms with van der Waals surface area (Å²) < 4.78 is 24.3. The number of anilines is 1. The molecule has 0 aliphatic heterocycles. The smallest absolute Gasteiger partial charge is 0.143 e. The molecule has 31 heavy (non-hydrogen) atoms. The molecule has 3 aromatic carbocycles. The number of halogens is 1. The van der Waals surface area contributed by atoms with Crippen LogP contribution in [0.15, 0.2) is 72.9 Å². The number of nitrogen functional groups attached to an aromatic ring is 1. The van der Waals surface area contributed by atoms with Crippen LogP contribution >= 0.6 is 0 Å². The third kappa shape index (κ3) is 4.80. The van der Waals surface area contributed by atoms with Gasteiger partial charge in [0.05, 0.1) is 18.3 Å². The minimum atomic E-state index is -0.310. The summed E-state index contributed by atoms with van der Waals surface area (Å²) in [6.45, 7) is 0. The molecule has 0 aliphatic carbocycles. The SMILES string of the molecule is COc1cc2nccc(Oc3ccc(CC(=O)Cc4ccc(F)cc4)cc3)c2cc1N. The van der Waals surface area contributed by atoms with Gasteiger partial charge in [0.15, 0.2) is 0 Å². The number of pyridine rings is 1. The van der Waals surface area contributed by atoms with Gasteiger partial charge in [-0.25, -0.2) is 4.39 Å². The number of carbonyl (C=O) groups excluding carboxylic acids is 1. The molecule has 0 amide bonds. The zero-order chi connectivity index (χ0) is 21.8. The van der Waals surface area contributed by atoms with Gasteiger partial charge in [-0.05, 0) is 47.5 Å². The van der Waals surface area contributed by atoms with E-state index in [9.17, 15) is 9.18 Å². The van der Waals surface area contributed by atoms with Gasteiger partial charge in [0.25, 0.3) is 0 Å². The van der Waals surface area contributed by atoms with E-state index >= 15 is 0 Å². The largest absolute Gasteiger partial charge is 0.495 e. The normalized spacial score (nSPS) is 10.8. The Kier molecular flexibility index (Phi) is 5.80. The number of hydrogen-bond acceptors (Lipinski definition) is 5. The molecule has 0 aliphatic rings. The van der Waals surface area contributed by atoms with Gasteiger partial charge in [0.1, 0.15) is 28.8 Å². The van der Waals surface area contributed by atoms with Crippen molar-refractivity contribution in [2.24, 2.45) is 0 Å². The van der Waals surface area contributed by atoms with Crippen molar-refractivity contribution in [1.29, 1.82) is 0 Å². The van der Waals surface area contributed by atoms with Crippen LogP contribution in [0.5, 0.6) is 17.2 Å². The molecule has 1 heterocycles. The number of benzene rings is 3. The number of aromatic nitrogens is 1. The van der Waals surface area contributed by atoms with Crippen molar-refractivity contribution in [2.45, 2.75) is 12.8 Å². The van der Waals surface area contributed by atoms with E-state index in [-0.39, 0.29) is 18.0 Å². The number of rotatable bonds is 7. The summed E-state index contributed by atoms with van der Waals surface area (Å²) in [5.41, 5.74) is 8.93. The number of nitrogens with zero attached hydrogens (tertiary/aromatic N) is 1. The maximum absolute atomic E-state index is 13.0. The van der Waals surface area contributed by atoms with E-state index in [1.807, 2.05) is 24.3 Å². The topological polar surface area (TPSA) is 74.4 Å². The van der Waals surface area contributed by atoms with Crippen molar-refractivity contribution in [3.63, 3.8) is 0 Å². The van der Waals surface area contributed by atoms with Gasteiger partial charge >= 0.3 is 0 Å². The lowest BCUT2D eigenvalue weighted by Gasteiger charge is -2.11. The predicted octanol–water partition coefficient (Wildman–Crippen LogP) is 5.11. The highest BCUT2D eigenvalue weighted by molar-refractivity contribution is 5.90. The number of ketones is 1. The maximum Gasteiger partial charge on any atom is 0.143 e. The first-order valence-corrected chi connectivity index (χ1v) is 9.77. The molecule has 5 nitrogen and oxygen atoms in total. The van der Waals surface area contributed by atoms with E-state index in [4.69, 9.17) is 15.2 Å². The summed E-state index contributed by atoms with van der Waals surface area (Å²) in [6, 6.07) is 18.7. The van der Waals surface area contributed by atoms with Crippen LogP contribution < -0.4 is 15.2 Å². The summed E-state index contributed by atoms with van der Waals surface area (Å²) in [5, 5.41) is 0.777. The lowest BCUT2D eigenvalue weighted by Crippen LogP contribution is -2.06. The first-order valence-electron chi connectivity index (χ1n) is 9.77. The van der Waals surface area contributed by atoms with Crippen LogP contribution in [0.3, 0.4) is 0 Å². The summed E-state index contributed by atoms with van der Waals surface area (Å²) in [4.78, 5) is 16.7. The van der Waals surface area contributed by atoms with Crippen LogP contribution in [0.1, 0.15) is 11.1 Å². The molecule has 0 fully saturated rings. The molecule has 2 N–H and O–H groups in total. The van der Waals surface area contributed by atoms with Crippen molar-refractivity contribution in [2.75, 3.05) is 12.8 Å². The Balaban J connectivity index is 1.45. The Morgan fingerprint density at radius 1 is 0.935 bits per heavy atom. The number of nitrogens with two attached hydrogens (primary N) is 1. The van der Waals surface area contributed by atoms with Crippen LogP contribution in [0.4, 0.5) is 10.1 Å². The molecule has 156 valence electrons. The molecule has 0 atom stereocenters. The van der Waals surface area contributed by atoms with Crippen molar-refractivity contribution in [1.82, 2.24) is 4.98 Å². The Hall–Kier alpha value is -3.93. The lowest BCUT2D eigenvalue weighted by molar-refractivity contribution is -0.117. The minimum Gasteiger partial charge on any atom is -0.495 e. The Labute approximate surface area is 179 Å². The Morgan fingerprint density at radius 3 is 2.23 bits per heavy atom. The van der Waals surface area contributed by atoms with Gasteiger partial charge < -0.3 is 15.2 Å². The van der Waals surface area contributed by atoms with Gasteiger partial charge in [0, 0.05) is 30.5 Å². The zero-order valence-corrected chi connectivity index (χ0v) is 17.0. The molecule has 4 rings (SSSR count). The number of hydrogen-bond donors (Lipinski definition) is 1. The Bertz CT molecular complexity index is 1220. The van der Waals surface area contributed by atoms with Crippen LogP contribution in [0.25, 0.3) is 10.9 Å². The first kappa shape index (κ1) is 20.3. The van der Waals surface area contributed by atoms with Crippen LogP contribution in [0, 0.1) is 5.82 Å². The molecular formula is C25H21FN2O3. The van der Waals surface area contributed by atoms with Crippen LogP contribution in [-0.4, -0.2) is 17.9 Å². The average molecular weight is 416 g/mol. The van der Waals surface area contributed by atoms with Gasteiger partial charge in [-0.1, -0.05) is 24.3 Å². The highest BCUT2D eigenvalue weighted by atomic mass is 19.1. The summed E-state index contributed by atoms with van der Waals surface area (Å²) in [7, 11) is 1.56.